The molecule has 92 valence electrons. The Labute approximate surface area is 106 Å². The summed E-state index contributed by atoms with van der Waals surface area (Å²) in [5, 5.41) is 0. The van der Waals surface area contributed by atoms with E-state index in [1.807, 2.05) is 13.0 Å². The van der Waals surface area contributed by atoms with Crippen molar-refractivity contribution in [2.45, 2.75) is 19.4 Å². The fourth-order valence-corrected chi connectivity index (χ4v) is 0.919. The summed E-state index contributed by atoms with van der Waals surface area (Å²) in [6.45, 7) is 1.91. The van der Waals surface area contributed by atoms with Gasteiger partial charge >= 0.3 is 0 Å². The maximum Gasteiger partial charge on any atom is 0.290 e. The number of nitrogen functional groups attached to an aromatic ring is 1. The average molecular weight is 267 g/mol. The van der Waals surface area contributed by atoms with E-state index >= 15 is 0 Å². The van der Waals surface area contributed by atoms with Gasteiger partial charge in [-0.05, 0) is 19.4 Å². The van der Waals surface area contributed by atoms with Crippen LogP contribution < -0.4 is 17.0 Å². The first-order chi connectivity index (χ1) is 6.59. The minimum absolute atomic E-state index is 0. The second-order valence-electron chi connectivity index (χ2n) is 3.17. The molecule has 16 heavy (non-hydrogen) atoms. The highest BCUT2D eigenvalue weighted by Gasteiger charge is 1.95. The number of halogens is 2. The molecule has 0 unspecified atom stereocenters. The molecule has 0 fully saturated rings. The van der Waals surface area contributed by atoms with E-state index in [9.17, 15) is 4.79 Å². The molecule has 0 amide bonds. The third kappa shape index (κ3) is 5.75. The van der Waals surface area contributed by atoms with E-state index in [4.69, 9.17) is 11.5 Å². The molecule has 0 aromatic carbocycles. The average Bonchev–Trinajstić information content (AvgIpc) is 2.10. The van der Waals surface area contributed by atoms with E-state index < -0.39 is 0 Å². The van der Waals surface area contributed by atoms with Crippen LogP contribution in [0, 0.1) is 0 Å². The Morgan fingerprint density at radius 2 is 2.19 bits per heavy atom. The van der Waals surface area contributed by atoms with Gasteiger partial charge in [0.15, 0.2) is 5.82 Å². The summed E-state index contributed by atoms with van der Waals surface area (Å²) in [6.07, 6.45) is 5.91. The number of nitrogens with two attached hydrogens (primary N) is 2. The minimum Gasteiger partial charge on any atom is -0.379 e. The Kier molecular flexibility index (Phi) is 8.84. The van der Waals surface area contributed by atoms with Gasteiger partial charge in [0.05, 0.1) is 11.9 Å². The molecule has 0 aliphatic carbocycles. The number of nitrogens with one attached hydrogen (secondary N) is 1. The molecule has 0 aliphatic rings. The number of hydrogen-bond donors (Lipinski definition) is 3. The van der Waals surface area contributed by atoms with Gasteiger partial charge in [0.1, 0.15) is 0 Å². The highest BCUT2D eigenvalue weighted by atomic mass is 35.5. The lowest BCUT2D eigenvalue weighted by atomic mass is 10.2. The normalized spacial score (nSPS) is 11.6. The summed E-state index contributed by atoms with van der Waals surface area (Å²) in [4.78, 5) is 17.3. The van der Waals surface area contributed by atoms with Crippen LogP contribution in [0.4, 0.5) is 5.82 Å². The Morgan fingerprint density at radius 3 is 2.69 bits per heavy atom. The maximum absolute atomic E-state index is 11.0. The van der Waals surface area contributed by atoms with Crippen molar-refractivity contribution >= 4 is 36.7 Å². The number of aromatic nitrogens is 2. The molecule has 7 heteroatoms. The first kappa shape index (κ1) is 17.4. The highest BCUT2D eigenvalue weighted by molar-refractivity contribution is 5.85. The number of aromatic amines is 1. The topological polar surface area (TPSA) is 97.8 Å². The van der Waals surface area contributed by atoms with Crippen molar-refractivity contribution in [3.8, 4) is 0 Å². The first-order valence-electron chi connectivity index (χ1n) is 4.36. The van der Waals surface area contributed by atoms with Gasteiger partial charge in [-0.25, -0.2) is 4.98 Å². The van der Waals surface area contributed by atoms with Gasteiger partial charge in [-0.3, -0.25) is 4.79 Å². The van der Waals surface area contributed by atoms with Crippen LogP contribution >= 0.6 is 24.8 Å². The summed E-state index contributed by atoms with van der Waals surface area (Å²) in [6, 6.07) is 0.111. The molecule has 1 heterocycles. The Morgan fingerprint density at radius 1 is 1.56 bits per heavy atom. The summed E-state index contributed by atoms with van der Waals surface area (Å²) in [7, 11) is 0. The van der Waals surface area contributed by atoms with Crippen molar-refractivity contribution in [3.63, 3.8) is 0 Å². The number of nitrogens with zero attached hydrogens (tertiary/aromatic N) is 1. The number of rotatable bonds is 3. The molecule has 0 aliphatic heterocycles. The van der Waals surface area contributed by atoms with Crippen molar-refractivity contribution in [3.05, 3.63) is 28.3 Å². The molecule has 0 saturated carbocycles. The van der Waals surface area contributed by atoms with Gasteiger partial charge in [-0.15, -0.1) is 24.8 Å². The second kappa shape index (κ2) is 8.15. The van der Waals surface area contributed by atoms with Crippen molar-refractivity contribution in [2.24, 2.45) is 5.73 Å². The smallest absolute Gasteiger partial charge is 0.290 e. The van der Waals surface area contributed by atoms with Gasteiger partial charge in [0.2, 0.25) is 0 Å². The molecule has 1 aromatic rings. The number of hydrogen-bond acceptors (Lipinski definition) is 4. The van der Waals surface area contributed by atoms with E-state index in [1.54, 1.807) is 6.08 Å². The molecule has 5 nitrogen and oxygen atoms in total. The van der Waals surface area contributed by atoms with Crippen molar-refractivity contribution in [1.82, 2.24) is 9.97 Å². The summed E-state index contributed by atoms with van der Waals surface area (Å²) >= 11 is 0. The molecule has 1 aromatic heterocycles. The van der Waals surface area contributed by atoms with Gasteiger partial charge in [-0.1, -0.05) is 6.08 Å². The van der Waals surface area contributed by atoms with Crippen LogP contribution in [0.25, 0.3) is 6.08 Å². The lowest BCUT2D eigenvalue weighted by Crippen LogP contribution is -2.14. The lowest BCUT2D eigenvalue weighted by Gasteiger charge is -1.98. The van der Waals surface area contributed by atoms with Crippen LogP contribution in [-0.2, 0) is 0 Å². The van der Waals surface area contributed by atoms with Crippen LogP contribution in [0.5, 0.6) is 0 Å². The molecule has 1 atom stereocenters. The van der Waals surface area contributed by atoms with E-state index in [-0.39, 0.29) is 42.2 Å². The van der Waals surface area contributed by atoms with E-state index in [0.717, 1.165) is 6.42 Å². The molecule has 0 saturated heterocycles. The molecule has 0 radical (unpaired) electrons. The van der Waals surface area contributed by atoms with Crippen molar-refractivity contribution in [1.29, 1.82) is 0 Å². The Hall–Kier alpha value is -1.04. The van der Waals surface area contributed by atoms with E-state index in [1.165, 1.54) is 6.20 Å². The van der Waals surface area contributed by atoms with Gasteiger partial charge in [0, 0.05) is 6.04 Å². The summed E-state index contributed by atoms with van der Waals surface area (Å²) in [5.41, 5.74) is 11.1. The van der Waals surface area contributed by atoms with Crippen LogP contribution in [0.1, 0.15) is 19.0 Å². The minimum atomic E-state index is -0.368. The van der Waals surface area contributed by atoms with Crippen molar-refractivity contribution in [2.75, 3.05) is 5.73 Å². The zero-order chi connectivity index (χ0) is 10.6. The lowest BCUT2D eigenvalue weighted by molar-refractivity contribution is 0.759. The maximum atomic E-state index is 11.0. The SMILES string of the molecule is C[C@H](N)C/C=C/c1cnc(N)c(=O)[nH]1.Cl.Cl. The number of anilines is 1. The van der Waals surface area contributed by atoms with Crippen LogP contribution in [0.2, 0.25) is 0 Å². The van der Waals surface area contributed by atoms with Gasteiger partial charge in [-0.2, -0.15) is 0 Å². The fourth-order valence-electron chi connectivity index (χ4n) is 0.919. The largest absolute Gasteiger partial charge is 0.379 e. The second-order valence-corrected chi connectivity index (χ2v) is 3.17. The monoisotopic (exact) mass is 266 g/mol. The zero-order valence-electron chi connectivity index (χ0n) is 8.84. The van der Waals surface area contributed by atoms with Crippen LogP contribution in [0.15, 0.2) is 17.1 Å². The fraction of sp³-hybridized carbons (Fsp3) is 0.333. The molecular formula is C9H16Cl2N4O. The first-order valence-corrected chi connectivity index (χ1v) is 4.36. The molecule has 1 rings (SSSR count). The third-order valence-electron chi connectivity index (χ3n) is 1.64. The Balaban J connectivity index is 0. The Bertz CT molecular complexity index is 389. The van der Waals surface area contributed by atoms with Crippen LogP contribution in [0.3, 0.4) is 0 Å². The summed E-state index contributed by atoms with van der Waals surface area (Å²) in [5.74, 6) is -0.0191. The van der Waals surface area contributed by atoms with E-state index in [2.05, 4.69) is 9.97 Å². The number of H-pyrrole nitrogens is 1. The summed E-state index contributed by atoms with van der Waals surface area (Å²) < 4.78 is 0. The predicted octanol–water partition coefficient (Wildman–Crippen LogP) is 0.946. The van der Waals surface area contributed by atoms with Gasteiger partial charge < -0.3 is 16.5 Å². The third-order valence-corrected chi connectivity index (χ3v) is 1.64. The molecule has 5 N–H and O–H groups in total. The molecule has 0 bridgehead atoms. The molecule has 0 spiro atoms. The zero-order valence-corrected chi connectivity index (χ0v) is 10.5. The molecular weight excluding hydrogens is 251 g/mol. The predicted molar refractivity (Wildman–Crippen MR) is 71.1 cm³/mol. The quantitative estimate of drug-likeness (QED) is 0.759. The van der Waals surface area contributed by atoms with Crippen molar-refractivity contribution < 1.29 is 0 Å². The standard InChI is InChI=1S/C9H14N4O.2ClH/c1-6(10)3-2-4-7-5-12-8(11)9(14)13-7;;/h2,4-6H,3,10H2,1H3,(H2,11,12)(H,13,14);2*1H/b4-2+;;/t6-;;/m0../s1. The van der Waals surface area contributed by atoms with Gasteiger partial charge in [0.25, 0.3) is 5.56 Å². The highest BCUT2D eigenvalue weighted by Crippen LogP contribution is 1.97. The van der Waals surface area contributed by atoms with Crippen LogP contribution in [-0.4, -0.2) is 16.0 Å². The van der Waals surface area contributed by atoms with E-state index in [0.29, 0.717) is 5.69 Å².